The van der Waals surface area contributed by atoms with Crippen molar-refractivity contribution in [3.8, 4) is 11.3 Å². The van der Waals surface area contributed by atoms with Crippen molar-refractivity contribution in [2.24, 2.45) is 0 Å². The van der Waals surface area contributed by atoms with Gasteiger partial charge in [0, 0.05) is 10.6 Å². The standard InChI is InChI=1S/C18H14Cl2F3N3/c1-17(20,13-5-7-15(19)8-6-13)11-26-10-16(24-25-26)12-3-2-4-14(9-12)18(21,22)23/h2-10H,11H2,1H3. The first-order valence-electron chi connectivity index (χ1n) is 7.68. The first-order valence-corrected chi connectivity index (χ1v) is 8.43. The Bertz CT molecular complexity index is 903. The average Bonchev–Trinajstić information content (AvgIpc) is 3.02. The number of hydrogen-bond donors (Lipinski definition) is 0. The lowest BCUT2D eigenvalue weighted by Crippen LogP contribution is -2.22. The van der Waals surface area contributed by atoms with Gasteiger partial charge in [0.2, 0.25) is 0 Å². The zero-order chi connectivity index (χ0) is 18.9. The molecule has 0 saturated heterocycles. The molecule has 0 fully saturated rings. The number of alkyl halides is 4. The smallest absolute Gasteiger partial charge is 0.250 e. The summed E-state index contributed by atoms with van der Waals surface area (Å²) in [6, 6.07) is 12.1. The van der Waals surface area contributed by atoms with Crippen LogP contribution < -0.4 is 0 Å². The van der Waals surface area contributed by atoms with Crippen LogP contribution in [0, 0.1) is 0 Å². The fraction of sp³-hybridized carbons (Fsp3) is 0.222. The van der Waals surface area contributed by atoms with Gasteiger partial charge in [-0.05, 0) is 36.8 Å². The van der Waals surface area contributed by atoms with Gasteiger partial charge in [-0.15, -0.1) is 16.7 Å². The van der Waals surface area contributed by atoms with Crippen LogP contribution in [0.3, 0.4) is 0 Å². The quantitative estimate of drug-likeness (QED) is 0.521. The van der Waals surface area contributed by atoms with Gasteiger partial charge in [-0.3, -0.25) is 0 Å². The molecule has 26 heavy (non-hydrogen) atoms. The fourth-order valence-electron chi connectivity index (χ4n) is 2.56. The number of hydrogen-bond acceptors (Lipinski definition) is 2. The second-order valence-corrected chi connectivity index (χ2v) is 7.35. The molecule has 3 aromatic rings. The summed E-state index contributed by atoms with van der Waals surface area (Å²) in [5.74, 6) is 0. The molecule has 0 aliphatic carbocycles. The second kappa shape index (κ2) is 6.93. The van der Waals surface area contributed by atoms with E-state index < -0.39 is 16.6 Å². The summed E-state index contributed by atoms with van der Waals surface area (Å²) in [6.07, 6.45) is -2.83. The van der Waals surface area contributed by atoms with Gasteiger partial charge in [-0.2, -0.15) is 13.2 Å². The molecule has 0 spiro atoms. The van der Waals surface area contributed by atoms with Crippen molar-refractivity contribution < 1.29 is 13.2 Å². The third kappa shape index (κ3) is 4.19. The van der Waals surface area contributed by atoms with Gasteiger partial charge < -0.3 is 0 Å². The molecule has 1 atom stereocenters. The van der Waals surface area contributed by atoms with Crippen molar-refractivity contribution >= 4 is 23.2 Å². The Balaban J connectivity index is 1.83. The maximum absolute atomic E-state index is 12.9. The Morgan fingerprint density at radius 2 is 1.73 bits per heavy atom. The summed E-state index contributed by atoms with van der Waals surface area (Å²) >= 11 is 12.5. The van der Waals surface area contributed by atoms with Crippen molar-refractivity contribution in [2.45, 2.75) is 24.5 Å². The van der Waals surface area contributed by atoms with Gasteiger partial charge in [0.25, 0.3) is 0 Å². The summed E-state index contributed by atoms with van der Waals surface area (Å²) in [5, 5.41) is 8.56. The molecule has 0 saturated carbocycles. The van der Waals surface area contributed by atoms with Crippen LogP contribution in [0.4, 0.5) is 13.2 Å². The fourth-order valence-corrected chi connectivity index (χ4v) is 2.93. The maximum Gasteiger partial charge on any atom is 0.416 e. The van der Waals surface area contributed by atoms with Gasteiger partial charge in [0.05, 0.1) is 23.2 Å². The third-order valence-electron chi connectivity index (χ3n) is 3.93. The first-order chi connectivity index (χ1) is 12.1. The van der Waals surface area contributed by atoms with Crippen molar-refractivity contribution in [1.29, 1.82) is 0 Å². The molecule has 0 bridgehead atoms. The monoisotopic (exact) mass is 399 g/mol. The summed E-state index contributed by atoms with van der Waals surface area (Å²) in [4.78, 5) is -0.774. The molecule has 2 aromatic carbocycles. The lowest BCUT2D eigenvalue weighted by Gasteiger charge is -2.22. The first kappa shape index (κ1) is 18.7. The molecule has 0 amide bonds. The molecule has 0 radical (unpaired) electrons. The van der Waals surface area contributed by atoms with Crippen LogP contribution in [-0.2, 0) is 17.6 Å². The van der Waals surface area contributed by atoms with Gasteiger partial charge >= 0.3 is 6.18 Å². The van der Waals surface area contributed by atoms with Crippen molar-refractivity contribution in [1.82, 2.24) is 15.0 Å². The maximum atomic E-state index is 12.9. The Morgan fingerprint density at radius 3 is 2.38 bits per heavy atom. The van der Waals surface area contributed by atoms with E-state index in [2.05, 4.69) is 10.3 Å². The van der Waals surface area contributed by atoms with Crippen LogP contribution in [0.25, 0.3) is 11.3 Å². The predicted octanol–water partition coefficient (Wildman–Crippen LogP) is 5.77. The van der Waals surface area contributed by atoms with E-state index in [-0.39, 0.29) is 0 Å². The van der Waals surface area contributed by atoms with Crippen molar-refractivity contribution in [2.75, 3.05) is 0 Å². The van der Waals surface area contributed by atoms with Crippen molar-refractivity contribution in [3.63, 3.8) is 0 Å². The Kier molecular flexibility index (Phi) is 4.99. The highest BCUT2D eigenvalue weighted by Gasteiger charge is 2.31. The molecule has 1 unspecified atom stereocenters. The summed E-state index contributed by atoms with van der Waals surface area (Å²) in [7, 11) is 0. The van der Waals surface area contributed by atoms with Crippen LogP contribution in [0.2, 0.25) is 5.02 Å². The van der Waals surface area contributed by atoms with Crippen LogP contribution >= 0.6 is 23.2 Å². The normalized spacial score (nSPS) is 14.2. The molecule has 0 aliphatic heterocycles. The Morgan fingerprint density at radius 1 is 1.04 bits per heavy atom. The number of halogens is 5. The van der Waals surface area contributed by atoms with Crippen LogP contribution in [-0.4, -0.2) is 15.0 Å². The third-order valence-corrected chi connectivity index (χ3v) is 4.52. The van der Waals surface area contributed by atoms with E-state index >= 15 is 0 Å². The summed E-state index contributed by atoms with van der Waals surface area (Å²) < 4.78 is 40.1. The van der Waals surface area contributed by atoms with Gasteiger partial charge in [0.1, 0.15) is 5.69 Å². The molecule has 0 N–H and O–H groups in total. The lowest BCUT2D eigenvalue weighted by atomic mass is 10.0. The Labute approximate surface area is 158 Å². The highest BCUT2D eigenvalue weighted by Crippen LogP contribution is 2.33. The van der Waals surface area contributed by atoms with E-state index in [0.717, 1.165) is 17.7 Å². The minimum Gasteiger partial charge on any atom is -0.250 e. The zero-order valence-corrected chi connectivity index (χ0v) is 15.1. The number of aromatic nitrogens is 3. The SMILES string of the molecule is CC(Cl)(Cn1cc(-c2cccc(C(F)(F)F)c2)nn1)c1ccc(Cl)cc1. The Hall–Kier alpha value is -2.05. The van der Waals surface area contributed by atoms with E-state index in [1.807, 2.05) is 19.1 Å². The molecule has 1 aromatic heterocycles. The van der Waals surface area contributed by atoms with E-state index in [1.165, 1.54) is 10.7 Å². The topological polar surface area (TPSA) is 30.7 Å². The largest absolute Gasteiger partial charge is 0.416 e. The molecule has 3 nitrogen and oxygen atoms in total. The van der Waals surface area contributed by atoms with Gasteiger partial charge in [0.15, 0.2) is 0 Å². The highest BCUT2D eigenvalue weighted by atomic mass is 35.5. The second-order valence-electron chi connectivity index (χ2n) is 6.08. The number of rotatable bonds is 4. The van der Waals surface area contributed by atoms with Crippen LogP contribution in [0.15, 0.2) is 54.7 Å². The molecule has 3 rings (SSSR count). The number of nitrogens with zero attached hydrogens (tertiary/aromatic N) is 3. The van der Waals surface area contributed by atoms with Crippen LogP contribution in [0.5, 0.6) is 0 Å². The highest BCUT2D eigenvalue weighted by molar-refractivity contribution is 6.30. The van der Waals surface area contributed by atoms with Crippen molar-refractivity contribution in [3.05, 3.63) is 70.9 Å². The number of benzene rings is 2. The summed E-state index contributed by atoms with van der Waals surface area (Å²) in [5.41, 5.74) is 0.807. The van der Waals surface area contributed by atoms with Gasteiger partial charge in [-0.25, -0.2) is 4.68 Å². The molecule has 1 heterocycles. The molecular weight excluding hydrogens is 386 g/mol. The van der Waals surface area contributed by atoms with Crippen LogP contribution in [0.1, 0.15) is 18.1 Å². The average molecular weight is 400 g/mol. The van der Waals surface area contributed by atoms with Gasteiger partial charge in [-0.1, -0.05) is 41.1 Å². The van der Waals surface area contributed by atoms with E-state index in [4.69, 9.17) is 23.2 Å². The zero-order valence-electron chi connectivity index (χ0n) is 13.6. The van der Waals surface area contributed by atoms with E-state index in [0.29, 0.717) is 22.8 Å². The summed E-state index contributed by atoms with van der Waals surface area (Å²) in [6.45, 7) is 2.12. The van der Waals surface area contributed by atoms with E-state index in [9.17, 15) is 13.2 Å². The lowest BCUT2D eigenvalue weighted by molar-refractivity contribution is -0.137. The predicted molar refractivity (Wildman–Crippen MR) is 95.1 cm³/mol. The molecule has 8 heteroatoms. The molecule has 0 aliphatic rings. The minimum atomic E-state index is -4.41. The molecular formula is C18H14Cl2F3N3. The van der Waals surface area contributed by atoms with E-state index in [1.54, 1.807) is 24.4 Å². The minimum absolute atomic E-state index is 0.294. The molecule has 136 valence electrons.